The quantitative estimate of drug-likeness (QED) is 0.147. The third kappa shape index (κ3) is 12.3. The number of hydrogen-bond donors (Lipinski definition) is 2. The molecule has 0 aliphatic rings. The van der Waals surface area contributed by atoms with Gasteiger partial charge in [-0.1, -0.05) is 105 Å². The number of aromatic hydroxyl groups is 2. The molecule has 0 heterocycles. The first-order valence-electron chi connectivity index (χ1n) is 16.4. The Morgan fingerprint density at radius 1 is 0.410 bits per heavy atom. The van der Waals surface area contributed by atoms with E-state index in [-0.39, 0.29) is 0 Å². The minimum absolute atomic E-state index is 0.351. The van der Waals surface area contributed by atoms with E-state index >= 15 is 0 Å². The van der Waals surface area contributed by atoms with Crippen LogP contribution < -0.4 is 4.74 Å². The lowest BCUT2D eigenvalue weighted by atomic mass is 9.96. The second kappa shape index (κ2) is 19.8. The van der Waals surface area contributed by atoms with E-state index in [0.29, 0.717) is 11.5 Å². The van der Waals surface area contributed by atoms with Crippen molar-refractivity contribution in [3.05, 3.63) is 46.5 Å². The van der Waals surface area contributed by atoms with Gasteiger partial charge in [0.1, 0.15) is 23.0 Å². The smallest absolute Gasteiger partial charge is 0.134 e. The van der Waals surface area contributed by atoms with Crippen LogP contribution >= 0.6 is 0 Å². The van der Waals surface area contributed by atoms with Crippen LogP contribution in [0.15, 0.2) is 24.3 Å². The lowest BCUT2D eigenvalue weighted by Crippen LogP contribution is -2.04. The third-order valence-corrected chi connectivity index (χ3v) is 7.86. The molecule has 0 atom stereocenters. The fourth-order valence-corrected chi connectivity index (χ4v) is 5.55. The van der Waals surface area contributed by atoms with Crippen LogP contribution in [-0.2, 0) is 25.7 Å². The molecule has 3 nitrogen and oxygen atoms in total. The maximum atomic E-state index is 10.7. The first-order chi connectivity index (χ1) is 19.0. The molecule has 3 heteroatoms. The minimum atomic E-state index is 0.351. The van der Waals surface area contributed by atoms with E-state index in [0.717, 1.165) is 85.1 Å². The number of benzene rings is 2. The summed E-state index contributed by atoms with van der Waals surface area (Å²) in [5.74, 6) is 2.61. The Hall–Kier alpha value is -2.16. The van der Waals surface area contributed by atoms with Gasteiger partial charge < -0.3 is 14.9 Å². The standard InChI is InChI=1S/C36H58O3/c1-5-9-13-17-21-29-25-33(37)26-30(22-18-14-10-6-2)35(29)39-36-31(23-19-15-11-7-3)27-34(38)28-32(36)24-20-16-12-8-4/h25-28,37-38H,5-24H2,1-4H3. The Labute approximate surface area is 240 Å². The van der Waals surface area contributed by atoms with Gasteiger partial charge in [-0.25, -0.2) is 0 Å². The van der Waals surface area contributed by atoms with E-state index in [1.165, 1.54) is 77.0 Å². The van der Waals surface area contributed by atoms with E-state index in [9.17, 15) is 10.2 Å². The van der Waals surface area contributed by atoms with Gasteiger partial charge in [0.15, 0.2) is 0 Å². The largest absolute Gasteiger partial charge is 0.508 e. The van der Waals surface area contributed by atoms with E-state index in [1.54, 1.807) is 0 Å². The molecule has 39 heavy (non-hydrogen) atoms. The Bertz CT molecular complexity index is 791. The monoisotopic (exact) mass is 538 g/mol. The predicted molar refractivity (Wildman–Crippen MR) is 168 cm³/mol. The molecule has 0 aliphatic heterocycles. The second-order valence-corrected chi connectivity index (χ2v) is 11.5. The molecule has 0 aliphatic carbocycles. The Morgan fingerprint density at radius 2 is 0.667 bits per heavy atom. The summed E-state index contributed by atoms with van der Waals surface area (Å²) >= 11 is 0. The third-order valence-electron chi connectivity index (χ3n) is 7.86. The van der Waals surface area contributed by atoms with Crippen molar-refractivity contribution in [3.8, 4) is 23.0 Å². The van der Waals surface area contributed by atoms with E-state index in [2.05, 4.69) is 27.7 Å². The molecule has 0 fully saturated rings. The van der Waals surface area contributed by atoms with E-state index in [4.69, 9.17) is 4.74 Å². The molecular formula is C36H58O3. The zero-order valence-corrected chi connectivity index (χ0v) is 25.8. The van der Waals surface area contributed by atoms with Gasteiger partial charge in [0.25, 0.3) is 0 Å². The minimum Gasteiger partial charge on any atom is -0.508 e. The maximum absolute atomic E-state index is 10.7. The lowest BCUT2D eigenvalue weighted by Gasteiger charge is -2.21. The summed E-state index contributed by atoms with van der Waals surface area (Å²) in [6.45, 7) is 8.97. The molecule has 0 spiro atoms. The van der Waals surface area contributed by atoms with Gasteiger partial charge in [-0.15, -0.1) is 0 Å². The van der Waals surface area contributed by atoms with Crippen LogP contribution in [0.25, 0.3) is 0 Å². The summed E-state index contributed by atoms with van der Waals surface area (Å²) in [4.78, 5) is 0. The van der Waals surface area contributed by atoms with Crippen LogP contribution in [0.5, 0.6) is 23.0 Å². The molecule has 0 bridgehead atoms. The first-order valence-corrected chi connectivity index (χ1v) is 16.4. The van der Waals surface area contributed by atoms with Crippen molar-refractivity contribution in [3.63, 3.8) is 0 Å². The Balaban J connectivity index is 2.48. The molecule has 0 unspecified atom stereocenters. The highest BCUT2D eigenvalue weighted by Crippen LogP contribution is 2.40. The van der Waals surface area contributed by atoms with Crippen molar-refractivity contribution in [1.29, 1.82) is 0 Å². The summed E-state index contributed by atoms with van der Waals surface area (Å²) in [5.41, 5.74) is 4.49. The summed E-state index contributed by atoms with van der Waals surface area (Å²) in [7, 11) is 0. The van der Waals surface area contributed by atoms with Gasteiger partial charge in [0.2, 0.25) is 0 Å². The Morgan fingerprint density at radius 3 is 0.897 bits per heavy atom. The van der Waals surface area contributed by atoms with Crippen LogP contribution in [0.3, 0.4) is 0 Å². The van der Waals surface area contributed by atoms with Crippen LogP contribution in [0.4, 0.5) is 0 Å². The zero-order valence-electron chi connectivity index (χ0n) is 25.8. The van der Waals surface area contributed by atoms with Crippen molar-refractivity contribution in [2.24, 2.45) is 0 Å². The molecule has 0 saturated heterocycles. The van der Waals surface area contributed by atoms with Crippen LogP contribution in [0.2, 0.25) is 0 Å². The molecule has 2 aromatic rings. The number of hydrogen-bond acceptors (Lipinski definition) is 3. The summed E-state index contributed by atoms with van der Waals surface area (Å²) in [5, 5.41) is 21.4. The number of aryl methyl sites for hydroxylation is 4. The van der Waals surface area contributed by atoms with Gasteiger partial charge in [-0.2, -0.15) is 0 Å². The first kappa shape index (κ1) is 33.0. The normalized spacial score (nSPS) is 11.3. The molecule has 220 valence electrons. The van der Waals surface area contributed by atoms with Crippen LogP contribution in [-0.4, -0.2) is 10.2 Å². The number of rotatable bonds is 22. The molecule has 2 rings (SSSR count). The van der Waals surface area contributed by atoms with E-state index in [1.807, 2.05) is 24.3 Å². The van der Waals surface area contributed by atoms with E-state index < -0.39 is 0 Å². The summed E-state index contributed by atoms with van der Waals surface area (Å²) < 4.78 is 7.02. The zero-order chi connectivity index (χ0) is 28.3. The van der Waals surface area contributed by atoms with Gasteiger partial charge >= 0.3 is 0 Å². The highest BCUT2D eigenvalue weighted by atomic mass is 16.5. The number of ether oxygens (including phenoxy) is 1. The SMILES string of the molecule is CCCCCCc1cc(O)cc(CCCCCC)c1Oc1c(CCCCCC)cc(O)cc1CCCCCC. The highest BCUT2D eigenvalue weighted by molar-refractivity contribution is 5.54. The van der Waals surface area contributed by atoms with Crippen LogP contribution in [0, 0.1) is 0 Å². The molecular weight excluding hydrogens is 480 g/mol. The number of unbranched alkanes of at least 4 members (excludes halogenated alkanes) is 12. The summed E-state index contributed by atoms with van der Waals surface area (Å²) in [6, 6.07) is 7.72. The average molecular weight is 539 g/mol. The molecule has 2 aromatic carbocycles. The molecule has 0 aromatic heterocycles. The predicted octanol–water partition coefficient (Wildman–Crippen LogP) is 11.4. The topological polar surface area (TPSA) is 49.7 Å². The summed E-state index contributed by atoms with van der Waals surface area (Å²) in [6.07, 6.45) is 22.7. The average Bonchev–Trinajstić information content (AvgIpc) is 2.92. The number of phenolic OH excluding ortho intramolecular Hbond substituents is 2. The maximum Gasteiger partial charge on any atom is 0.134 e. The van der Waals surface area contributed by atoms with Crippen molar-refractivity contribution < 1.29 is 14.9 Å². The molecule has 0 amide bonds. The molecule has 0 saturated carbocycles. The fraction of sp³-hybridized carbons (Fsp3) is 0.667. The van der Waals surface area contributed by atoms with Crippen molar-refractivity contribution >= 4 is 0 Å². The van der Waals surface area contributed by atoms with Gasteiger partial charge in [-0.3, -0.25) is 0 Å². The van der Waals surface area contributed by atoms with Gasteiger partial charge in [-0.05, 0) is 97.9 Å². The Kier molecular flexibility index (Phi) is 16.8. The van der Waals surface area contributed by atoms with Crippen molar-refractivity contribution in [2.45, 2.75) is 156 Å². The lowest BCUT2D eigenvalue weighted by molar-refractivity contribution is 0.436. The fourth-order valence-electron chi connectivity index (χ4n) is 5.55. The molecule has 0 radical (unpaired) electrons. The van der Waals surface area contributed by atoms with Gasteiger partial charge in [0, 0.05) is 0 Å². The molecule has 2 N–H and O–H groups in total. The van der Waals surface area contributed by atoms with Crippen molar-refractivity contribution in [1.82, 2.24) is 0 Å². The van der Waals surface area contributed by atoms with Gasteiger partial charge in [0.05, 0.1) is 0 Å². The van der Waals surface area contributed by atoms with Crippen molar-refractivity contribution in [2.75, 3.05) is 0 Å². The second-order valence-electron chi connectivity index (χ2n) is 11.5. The number of phenols is 2. The highest BCUT2D eigenvalue weighted by Gasteiger charge is 2.19. The van der Waals surface area contributed by atoms with Crippen LogP contribution in [0.1, 0.15) is 153 Å².